The van der Waals surface area contributed by atoms with Crippen LogP contribution < -0.4 is 5.32 Å². The smallest absolute Gasteiger partial charge is 0.169 e. The summed E-state index contributed by atoms with van der Waals surface area (Å²) >= 11 is 5.37. The molecule has 0 aromatic heterocycles. The number of nitrogens with zero attached hydrogens (tertiary/aromatic N) is 1. The van der Waals surface area contributed by atoms with Crippen LogP contribution in [0.3, 0.4) is 0 Å². The van der Waals surface area contributed by atoms with Crippen LogP contribution in [0, 0.1) is 0 Å². The van der Waals surface area contributed by atoms with Crippen LogP contribution in [0.2, 0.25) is 0 Å². The second-order valence-corrected chi connectivity index (χ2v) is 5.70. The molecule has 0 amide bonds. The van der Waals surface area contributed by atoms with Gasteiger partial charge in [0.05, 0.1) is 0 Å². The minimum atomic E-state index is 0.594. The molecule has 1 N–H and O–H groups in total. The van der Waals surface area contributed by atoms with Crippen molar-refractivity contribution in [1.82, 2.24) is 10.2 Å². The van der Waals surface area contributed by atoms with E-state index in [-0.39, 0.29) is 0 Å². The van der Waals surface area contributed by atoms with E-state index >= 15 is 0 Å². The fourth-order valence-electron chi connectivity index (χ4n) is 2.10. The lowest BCUT2D eigenvalue weighted by atomic mass is 10.0. The third-order valence-electron chi connectivity index (χ3n) is 3.46. The first-order valence-corrected chi connectivity index (χ1v) is 7.10. The maximum atomic E-state index is 5.37. The van der Waals surface area contributed by atoms with E-state index in [1.54, 1.807) is 0 Å². The predicted octanol–water partition coefficient (Wildman–Crippen LogP) is 3.28. The molecule has 2 nitrogen and oxygen atoms in total. The summed E-state index contributed by atoms with van der Waals surface area (Å²) in [6.07, 6.45) is 2.54. The molecule has 0 aliphatic heterocycles. The van der Waals surface area contributed by atoms with Crippen LogP contribution in [0.5, 0.6) is 0 Å². The van der Waals surface area contributed by atoms with E-state index < -0.39 is 0 Å². The Morgan fingerprint density at radius 1 is 1.33 bits per heavy atom. The highest BCUT2D eigenvalue weighted by molar-refractivity contribution is 7.80. The van der Waals surface area contributed by atoms with Gasteiger partial charge < -0.3 is 10.2 Å². The van der Waals surface area contributed by atoms with Crippen LogP contribution in [0.1, 0.15) is 43.7 Å². The van der Waals surface area contributed by atoms with Gasteiger partial charge in [-0.05, 0) is 42.1 Å². The lowest BCUT2D eigenvalue weighted by Crippen LogP contribution is -2.38. The van der Waals surface area contributed by atoms with Gasteiger partial charge in [-0.2, -0.15) is 0 Å². The minimum Gasteiger partial charge on any atom is -0.366 e. The maximum absolute atomic E-state index is 5.37. The quantitative estimate of drug-likeness (QED) is 0.838. The van der Waals surface area contributed by atoms with E-state index in [1.807, 2.05) is 7.05 Å². The van der Waals surface area contributed by atoms with Gasteiger partial charge in [0, 0.05) is 19.6 Å². The molecule has 0 bridgehead atoms. The Kier molecular flexibility index (Phi) is 4.23. The van der Waals surface area contributed by atoms with Gasteiger partial charge in [-0.25, -0.2) is 0 Å². The van der Waals surface area contributed by atoms with Crippen molar-refractivity contribution in [2.45, 2.75) is 45.2 Å². The van der Waals surface area contributed by atoms with Crippen molar-refractivity contribution in [3.8, 4) is 0 Å². The van der Waals surface area contributed by atoms with Gasteiger partial charge in [0.25, 0.3) is 0 Å². The topological polar surface area (TPSA) is 15.3 Å². The Hall–Kier alpha value is -1.09. The maximum Gasteiger partial charge on any atom is 0.169 e. The van der Waals surface area contributed by atoms with E-state index in [1.165, 1.54) is 24.0 Å². The van der Waals surface area contributed by atoms with Gasteiger partial charge in [-0.1, -0.05) is 38.1 Å². The Bertz CT molecular complexity index is 407. The van der Waals surface area contributed by atoms with Crippen LogP contribution in [0.25, 0.3) is 0 Å². The first-order valence-electron chi connectivity index (χ1n) is 6.69. The van der Waals surface area contributed by atoms with Gasteiger partial charge in [0.1, 0.15) is 0 Å². The molecule has 2 rings (SSSR count). The molecule has 1 saturated carbocycles. The highest BCUT2D eigenvalue weighted by atomic mass is 32.1. The van der Waals surface area contributed by atoms with Crippen LogP contribution in [0.15, 0.2) is 24.3 Å². The van der Waals surface area contributed by atoms with Crippen LogP contribution in [0.4, 0.5) is 0 Å². The number of thiocarbonyl (C=S) groups is 1. The number of hydrogen-bond donors (Lipinski definition) is 1. The van der Waals surface area contributed by atoms with Gasteiger partial charge >= 0.3 is 0 Å². The van der Waals surface area contributed by atoms with Crippen molar-refractivity contribution in [1.29, 1.82) is 0 Å². The van der Waals surface area contributed by atoms with E-state index in [0.717, 1.165) is 11.7 Å². The predicted molar refractivity (Wildman–Crippen MR) is 80.8 cm³/mol. The highest BCUT2D eigenvalue weighted by Gasteiger charge is 2.30. The minimum absolute atomic E-state index is 0.594. The molecule has 0 radical (unpaired) electrons. The summed E-state index contributed by atoms with van der Waals surface area (Å²) < 4.78 is 0. The summed E-state index contributed by atoms with van der Waals surface area (Å²) in [7, 11) is 1.90. The Balaban J connectivity index is 2.04. The van der Waals surface area contributed by atoms with Crippen LogP contribution in [-0.2, 0) is 6.54 Å². The van der Waals surface area contributed by atoms with Gasteiger partial charge in [-0.15, -0.1) is 0 Å². The zero-order chi connectivity index (χ0) is 13.1. The van der Waals surface area contributed by atoms with Crippen molar-refractivity contribution < 1.29 is 0 Å². The molecule has 0 unspecified atom stereocenters. The van der Waals surface area contributed by atoms with E-state index in [2.05, 4.69) is 48.3 Å². The van der Waals surface area contributed by atoms with Crippen molar-refractivity contribution in [3.05, 3.63) is 35.4 Å². The third kappa shape index (κ3) is 3.22. The summed E-state index contributed by atoms with van der Waals surface area (Å²) in [5.41, 5.74) is 2.73. The van der Waals surface area contributed by atoms with Gasteiger partial charge in [0.15, 0.2) is 5.11 Å². The fraction of sp³-hybridized carbons (Fsp3) is 0.533. The standard InChI is InChI=1S/C15H22N2S/c1-11(2)13-6-4-12(5-7-13)10-17(14-8-9-14)15(18)16-3/h4-7,11,14H,8-10H2,1-3H3,(H,16,18). The second-order valence-electron chi connectivity index (χ2n) is 5.31. The van der Waals surface area contributed by atoms with E-state index in [0.29, 0.717) is 12.0 Å². The average Bonchev–Trinajstić information content (AvgIpc) is 3.20. The van der Waals surface area contributed by atoms with Crippen molar-refractivity contribution in [3.63, 3.8) is 0 Å². The Morgan fingerprint density at radius 2 is 1.94 bits per heavy atom. The van der Waals surface area contributed by atoms with E-state index in [4.69, 9.17) is 12.2 Å². The molecule has 1 aromatic rings. The molecule has 1 aromatic carbocycles. The molecule has 0 atom stereocenters. The lowest BCUT2D eigenvalue weighted by molar-refractivity contribution is 0.399. The molecule has 18 heavy (non-hydrogen) atoms. The molecule has 1 fully saturated rings. The Morgan fingerprint density at radius 3 is 2.39 bits per heavy atom. The highest BCUT2D eigenvalue weighted by Crippen LogP contribution is 2.28. The van der Waals surface area contributed by atoms with Gasteiger partial charge in [0.2, 0.25) is 0 Å². The largest absolute Gasteiger partial charge is 0.366 e. The number of rotatable bonds is 4. The first-order chi connectivity index (χ1) is 8.61. The number of hydrogen-bond acceptors (Lipinski definition) is 1. The van der Waals surface area contributed by atoms with Crippen LogP contribution >= 0.6 is 12.2 Å². The summed E-state index contributed by atoms with van der Waals surface area (Å²) in [5, 5.41) is 3.96. The normalized spacial score (nSPS) is 14.7. The first kappa shape index (κ1) is 13.3. The van der Waals surface area contributed by atoms with Crippen molar-refractivity contribution in [2.75, 3.05) is 7.05 Å². The lowest BCUT2D eigenvalue weighted by Gasteiger charge is -2.25. The molecule has 1 aliphatic rings. The molecule has 98 valence electrons. The van der Waals surface area contributed by atoms with E-state index in [9.17, 15) is 0 Å². The zero-order valence-corrected chi connectivity index (χ0v) is 12.3. The molecule has 1 aliphatic carbocycles. The van der Waals surface area contributed by atoms with Gasteiger partial charge in [-0.3, -0.25) is 0 Å². The summed E-state index contributed by atoms with van der Waals surface area (Å²) in [4.78, 5) is 2.31. The third-order valence-corrected chi connectivity index (χ3v) is 3.90. The molecular weight excluding hydrogens is 240 g/mol. The number of nitrogens with one attached hydrogen (secondary N) is 1. The molecule has 3 heteroatoms. The average molecular weight is 262 g/mol. The second kappa shape index (κ2) is 5.70. The van der Waals surface area contributed by atoms with Crippen LogP contribution in [-0.4, -0.2) is 23.1 Å². The Labute approximate surface area is 115 Å². The molecular formula is C15H22N2S. The van der Waals surface area contributed by atoms with Crippen molar-refractivity contribution >= 4 is 17.3 Å². The SMILES string of the molecule is CNC(=S)N(Cc1ccc(C(C)C)cc1)C1CC1. The fourth-order valence-corrected chi connectivity index (χ4v) is 2.31. The molecule has 0 spiro atoms. The zero-order valence-electron chi connectivity index (χ0n) is 11.4. The number of benzene rings is 1. The summed E-state index contributed by atoms with van der Waals surface area (Å²) in [5.74, 6) is 0.594. The molecule has 0 heterocycles. The molecule has 0 saturated heterocycles. The summed E-state index contributed by atoms with van der Waals surface area (Å²) in [6.45, 7) is 5.37. The monoisotopic (exact) mass is 262 g/mol. The van der Waals surface area contributed by atoms with Crippen molar-refractivity contribution in [2.24, 2.45) is 0 Å². The summed E-state index contributed by atoms with van der Waals surface area (Å²) in [6, 6.07) is 9.56.